The van der Waals surface area contributed by atoms with Gasteiger partial charge in [-0.3, -0.25) is 14.4 Å². The largest absolute Gasteiger partial charge is 0.336 e. The van der Waals surface area contributed by atoms with E-state index in [9.17, 15) is 27.6 Å². The first-order valence-corrected chi connectivity index (χ1v) is 10.1. The quantitative estimate of drug-likeness (QED) is 0.521. The number of hydrogen-bond donors (Lipinski definition) is 0. The molecule has 31 heavy (non-hydrogen) atoms. The van der Waals surface area contributed by atoms with E-state index in [0.717, 1.165) is 5.56 Å². The molecule has 0 radical (unpaired) electrons. The molecule has 0 saturated carbocycles. The van der Waals surface area contributed by atoms with Gasteiger partial charge in [0.2, 0.25) is 5.78 Å². The molecule has 0 aliphatic carbocycles. The monoisotopic (exact) mass is 431 g/mol. The van der Waals surface area contributed by atoms with Gasteiger partial charge < -0.3 is 4.90 Å². The van der Waals surface area contributed by atoms with Gasteiger partial charge in [-0.2, -0.15) is 0 Å². The van der Waals surface area contributed by atoms with Gasteiger partial charge in [-0.25, -0.2) is 13.2 Å². The molecule has 2 aromatic carbocycles. The molecule has 1 amide bonds. The van der Waals surface area contributed by atoms with Crippen molar-refractivity contribution in [2.45, 2.75) is 39.0 Å². The van der Waals surface area contributed by atoms with Crippen LogP contribution in [0.3, 0.4) is 0 Å². The molecule has 3 rings (SSSR count). The van der Waals surface area contributed by atoms with Crippen LogP contribution in [-0.2, 0) is 10.2 Å². The molecule has 0 unspecified atom stereocenters. The normalized spacial score (nSPS) is 15.1. The summed E-state index contributed by atoms with van der Waals surface area (Å²) in [5.74, 6) is -6.36. The Hall–Kier alpha value is -2.96. The lowest BCUT2D eigenvalue weighted by Gasteiger charge is -2.31. The summed E-state index contributed by atoms with van der Waals surface area (Å²) in [5, 5.41) is 0. The lowest BCUT2D eigenvalue weighted by molar-refractivity contribution is -0.127. The van der Waals surface area contributed by atoms with Crippen LogP contribution in [0.2, 0.25) is 0 Å². The minimum atomic E-state index is -1.24. The standard InChI is InChI=1S/C24H24F3NO3/c1-24(2,3)16-6-4-14(5-7-16)22(30)23(31)28-10-8-15(9-11-28)21(29)20-18(26)12-17(25)13-19(20)27/h4-7,12-13,15H,8-11H2,1-3H3. The van der Waals surface area contributed by atoms with Gasteiger partial charge in [-0.15, -0.1) is 0 Å². The van der Waals surface area contributed by atoms with Gasteiger partial charge in [0.1, 0.15) is 17.5 Å². The number of nitrogens with zero attached hydrogens (tertiary/aromatic N) is 1. The van der Waals surface area contributed by atoms with Gasteiger partial charge in [-0.1, -0.05) is 45.0 Å². The van der Waals surface area contributed by atoms with E-state index in [1.54, 1.807) is 12.1 Å². The lowest BCUT2D eigenvalue weighted by atomic mass is 9.86. The minimum Gasteiger partial charge on any atom is -0.336 e. The summed E-state index contributed by atoms with van der Waals surface area (Å²) < 4.78 is 40.9. The number of piperidine rings is 1. The zero-order valence-electron chi connectivity index (χ0n) is 17.7. The molecule has 1 saturated heterocycles. The van der Waals surface area contributed by atoms with Crippen molar-refractivity contribution in [3.63, 3.8) is 0 Å². The van der Waals surface area contributed by atoms with E-state index in [-0.39, 0.29) is 36.9 Å². The Bertz CT molecular complexity index is 994. The maximum absolute atomic E-state index is 13.9. The van der Waals surface area contributed by atoms with Gasteiger partial charge in [0.25, 0.3) is 5.91 Å². The fourth-order valence-electron chi connectivity index (χ4n) is 3.72. The van der Waals surface area contributed by atoms with Crippen molar-refractivity contribution in [2.75, 3.05) is 13.1 Å². The fraction of sp³-hybridized carbons (Fsp3) is 0.375. The van der Waals surface area contributed by atoms with Crippen LogP contribution in [0.4, 0.5) is 13.2 Å². The Labute approximate surface area is 179 Å². The molecule has 0 atom stereocenters. The predicted molar refractivity (Wildman–Crippen MR) is 109 cm³/mol. The predicted octanol–water partition coefficient (Wildman–Crippen LogP) is 4.71. The second kappa shape index (κ2) is 8.65. The number of halogens is 3. The summed E-state index contributed by atoms with van der Waals surface area (Å²) in [6.45, 7) is 6.37. The minimum absolute atomic E-state index is 0.0799. The highest BCUT2D eigenvalue weighted by molar-refractivity contribution is 6.42. The number of Topliss-reactive ketones (excluding diaryl/α,β-unsaturated/α-hetero) is 2. The Balaban J connectivity index is 1.64. The van der Waals surface area contributed by atoms with E-state index in [4.69, 9.17) is 0 Å². The Morgan fingerprint density at radius 1 is 0.903 bits per heavy atom. The highest BCUT2D eigenvalue weighted by Gasteiger charge is 2.33. The van der Waals surface area contributed by atoms with E-state index in [0.29, 0.717) is 12.1 Å². The van der Waals surface area contributed by atoms with Crippen molar-refractivity contribution >= 4 is 17.5 Å². The maximum Gasteiger partial charge on any atom is 0.294 e. The first kappa shape index (κ1) is 22.7. The van der Waals surface area contributed by atoms with Gasteiger partial charge >= 0.3 is 0 Å². The van der Waals surface area contributed by atoms with Crippen LogP contribution in [-0.4, -0.2) is 35.5 Å². The third-order valence-corrected chi connectivity index (χ3v) is 5.61. The average molecular weight is 431 g/mol. The number of amides is 1. The molecule has 4 nitrogen and oxygen atoms in total. The van der Waals surface area contributed by atoms with Crippen molar-refractivity contribution in [3.05, 3.63) is 70.5 Å². The van der Waals surface area contributed by atoms with Gasteiger partial charge in [0.05, 0.1) is 5.56 Å². The molecule has 7 heteroatoms. The van der Waals surface area contributed by atoms with Crippen molar-refractivity contribution in [1.82, 2.24) is 4.90 Å². The molecule has 0 N–H and O–H groups in total. The summed E-state index contributed by atoms with van der Waals surface area (Å²) in [6, 6.07) is 7.82. The average Bonchev–Trinajstić information content (AvgIpc) is 2.71. The Kier molecular flexibility index (Phi) is 6.34. The lowest BCUT2D eigenvalue weighted by Crippen LogP contribution is -2.43. The van der Waals surface area contributed by atoms with Crippen molar-refractivity contribution < 1.29 is 27.6 Å². The number of likely N-dealkylation sites (tertiary alicyclic amines) is 1. The number of ketones is 2. The number of hydrogen-bond acceptors (Lipinski definition) is 3. The summed E-state index contributed by atoms with van der Waals surface area (Å²) >= 11 is 0. The molecule has 2 aromatic rings. The molecule has 1 fully saturated rings. The van der Waals surface area contributed by atoms with Crippen LogP contribution in [0.15, 0.2) is 36.4 Å². The summed E-state index contributed by atoms with van der Waals surface area (Å²) in [7, 11) is 0. The zero-order chi connectivity index (χ0) is 22.9. The van der Waals surface area contributed by atoms with E-state index in [1.807, 2.05) is 32.9 Å². The first-order chi connectivity index (χ1) is 14.5. The second-order valence-electron chi connectivity index (χ2n) is 8.83. The van der Waals surface area contributed by atoms with Crippen molar-refractivity contribution in [1.29, 1.82) is 0 Å². The second-order valence-corrected chi connectivity index (χ2v) is 8.83. The van der Waals surface area contributed by atoms with E-state index in [1.165, 1.54) is 4.90 Å². The number of carbonyl (C=O) groups is 3. The third kappa shape index (κ3) is 4.86. The number of rotatable bonds is 4. The van der Waals surface area contributed by atoms with Crippen LogP contribution in [0.5, 0.6) is 0 Å². The molecule has 0 spiro atoms. The highest BCUT2D eigenvalue weighted by atomic mass is 19.1. The zero-order valence-corrected chi connectivity index (χ0v) is 17.7. The molecular formula is C24H24F3NO3. The van der Waals surface area contributed by atoms with Gasteiger partial charge in [-0.05, 0) is 23.8 Å². The third-order valence-electron chi connectivity index (χ3n) is 5.61. The topological polar surface area (TPSA) is 54.5 Å². The summed E-state index contributed by atoms with van der Waals surface area (Å²) in [4.78, 5) is 39.0. The van der Waals surface area contributed by atoms with Crippen LogP contribution < -0.4 is 0 Å². The number of carbonyl (C=O) groups excluding carboxylic acids is 3. The van der Waals surface area contributed by atoms with Crippen molar-refractivity contribution in [2.24, 2.45) is 5.92 Å². The van der Waals surface area contributed by atoms with Crippen LogP contribution in [0.1, 0.15) is 59.9 Å². The summed E-state index contributed by atoms with van der Waals surface area (Å²) in [5.41, 5.74) is 0.479. The van der Waals surface area contributed by atoms with E-state index < -0.39 is 46.4 Å². The molecule has 0 aromatic heterocycles. The SMILES string of the molecule is CC(C)(C)c1ccc(C(=O)C(=O)N2CCC(C(=O)c3c(F)cc(F)cc3F)CC2)cc1. The molecule has 1 aliphatic rings. The molecule has 1 aliphatic heterocycles. The van der Waals surface area contributed by atoms with Crippen LogP contribution in [0, 0.1) is 23.4 Å². The molecule has 0 bridgehead atoms. The molecule has 164 valence electrons. The Morgan fingerprint density at radius 3 is 1.90 bits per heavy atom. The van der Waals surface area contributed by atoms with Crippen molar-refractivity contribution in [3.8, 4) is 0 Å². The number of benzene rings is 2. The van der Waals surface area contributed by atoms with Gasteiger partial charge in [0.15, 0.2) is 5.78 Å². The van der Waals surface area contributed by atoms with E-state index >= 15 is 0 Å². The van der Waals surface area contributed by atoms with Gasteiger partial charge in [0, 0.05) is 36.7 Å². The maximum atomic E-state index is 13.9. The van der Waals surface area contributed by atoms with Crippen LogP contribution >= 0.6 is 0 Å². The van der Waals surface area contributed by atoms with Crippen LogP contribution in [0.25, 0.3) is 0 Å². The van der Waals surface area contributed by atoms with E-state index in [2.05, 4.69) is 0 Å². The first-order valence-electron chi connectivity index (χ1n) is 10.1. The summed E-state index contributed by atoms with van der Waals surface area (Å²) in [6.07, 6.45) is 0.328. The smallest absolute Gasteiger partial charge is 0.294 e. The Morgan fingerprint density at radius 2 is 1.42 bits per heavy atom. The fourth-order valence-corrected chi connectivity index (χ4v) is 3.72. The molecule has 1 heterocycles. The highest BCUT2D eigenvalue weighted by Crippen LogP contribution is 2.26. The molecular weight excluding hydrogens is 407 g/mol.